The lowest BCUT2D eigenvalue weighted by Gasteiger charge is -2.26. The Morgan fingerprint density at radius 3 is 2.50 bits per heavy atom. The first-order valence-electron chi connectivity index (χ1n) is 7.28. The number of aliphatic hydroxyl groups is 1. The van der Waals surface area contributed by atoms with Crippen molar-refractivity contribution in [1.29, 1.82) is 0 Å². The minimum Gasteiger partial charge on any atom is -0.503 e. The van der Waals surface area contributed by atoms with Crippen LogP contribution in [0.15, 0.2) is 35.6 Å². The fourth-order valence-corrected chi connectivity index (χ4v) is 2.72. The molecule has 5 nitrogen and oxygen atoms in total. The Kier molecular flexibility index (Phi) is 4.98. The molecule has 118 valence electrons. The largest absolute Gasteiger partial charge is 0.503 e. The van der Waals surface area contributed by atoms with E-state index in [1.54, 1.807) is 7.11 Å². The predicted octanol–water partition coefficient (Wildman–Crippen LogP) is 2.32. The summed E-state index contributed by atoms with van der Waals surface area (Å²) in [5, 5.41) is 10.1. The third kappa shape index (κ3) is 3.04. The molecule has 5 heteroatoms. The maximum absolute atomic E-state index is 12.3. The molecule has 0 aliphatic carbocycles. The highest BCUT2D eigenvalue weighted by Crippen LogP contribution is 2.37. The molecule has 1 atom stereocenters. The van der Waals surface area contributed by atoms with Crippen LogP contribution in [0.3, 0.4) is 0 Å². The summed E-state index contributed by atoms with van der Waals surface area (Å²) in [7, 11) is 1.60. The number of hydrogen-bond acceptors (Lipinski definition) is 4. The molecule has 1 aliphatic rings. The van der Waals surface area contributed by atoms with Gasteiger partial charge >= 0.3 is 0 Å². The van der Waals surface area contributed by atoms with Crippen LogP contribution in [-0.4, -0.2) is 42.0 Å². The zero-order valence-electron chi connectivity index (χ0n) is 13.1. The lowest BCUT2D eigenvalue weighted by Crippen LogP contribution is -2.32. The molecule has 0 unspecified atom stereocenters. The molecule has 0 saturated heterocycles. The average Bonchev–Trinajstić information content (AvgIpc) is 2.73. The highest BCUT2D eigenvalue weighted by Gasteiger charge is 2.41. The Hall–Kier alpha value is -2.14. The van der Waals surface area contributed by atoms with Gasteiger partial charge in [-0.25, -0.2) is 0 Å². The minimum absolute atomic E-state index is 0.172. The van der Waals surface area contributed by atoms with Gasteiger partial charge in [-0.05, 0) is 25.8 Å². The van der Waals surface area contributed by atoms with Gasteiger partial charge in [-0.3, -0.25) is 9.59 Å². The van der Waals surface area contributed by atoms with Crippen LogP contribution < -0.4 is 0 Å². The van der Waals surface area contributed by atoms with Crippen molar-refractivity contribution in [3.63, 3.8) is 0 Å². The van der Waals surface area contributed by atoms with Gasteiger partial charge in [0, 0.05) is 20.3 Å². The van der Waals surface area contributed by atoms with Crippen molar-refractivity contribution in [1.82, 2.24) is 4.90 Å². The van der Waals surface area contributed by atoms with Crippen LogP contribution in [-0.2, 0) is 14.3 Å². The molecule has 0 bridgehead atoms. The first-order chi connectivity index (χ1) is 10.5. The quantitative estimate of drug-likeness (QED) is 0.819. The molecule has 0 radical (unpaired) electrons. The molecule has 0 aromatic heterocycles. The fraction of sp³-hybridized carbons (Fsp3) is 0.412. The summed E-state index contributed by atoms with van der Waals surface area (Å²) in [6.45, 7) is 4.28. The molecular weight excluding hydrogens is 282 g/mol. The van der Waals surface area contributed by atoms with Gasteiger partial charge < -0.3 is 14.7 Å². The van der Waals surface area contributed by atoms with Crippen molar-refractivity contribution in [3.8, 4) is 0 Å². The minimum atomic E-state index is -0.526. The Morgan fingerprint density at radius 2 is 1.95 bits per heavy atom. The van der Waals surface area contributed by atoms with Gasteiger partial charge in [0.25, 0.3) is 5.91 Å². The summed E-state index contributed by atoms with van der Waals surface area (Å²) < 4.78 is 5.01. The Labute approximate surface area is 130 Å². The third-order valence-corrected chi connectivity index (χ3v) is 3.82. The number of benzene rings is 1. The van der Waals surface area contributed by atoms with E-state index in [4.69, 9.17) is 4.74 Å². The molecular formula is C17H21NO4. The number of carbonyl (C=O) groups excluding carboxylic acids is 2. The number of rotatable bonds is 6. The summed E-state index contributed by atoms with van der Waals surface area (Å²) >= 11 is 0. The maximum Gasteiger partial charge on any atom is 0.290 e. The molecule has 0 saturated carbocycles. The highest BCUT2D eigenvalue weighted by molar-refractivity contribution is 6.08. The Balaban J connectivity index is 2.39. The van der Waals surface area contributed by atoms with Crippen LogP contribution in [0.2, 0.25) is 0 Å². The number of aryl methyl sites for hydroxylation is 1. The molecule has 2 rings (SSSR count). The van der Waals surface area contributed by atoms with Gasteiger partial charge in [-0.2, -0.15) is 0 Å². The van der Waals surface area contributed by atoms with Crippen LogP contribution in [0.5, 0.6) is 0 Å². The number of aliphatic hydroxyl groups excluding tert-OH is 1. The number of nitrogens with zero attached hydrogens (tertiary/aromatic N) is 1. The zero-order chi connectivity index (χ0) is 16.3. The van der Waals surface area contributed by atoms with Crippen molar-refractivity contribution >= 4 is 11.7 Å². The number of ketones is 1. The van der Waals surface area contributed by atoms with Gasteiger partial charge in [-0.1, -0.05) is 29.8 Å². The van der Waals surface area contributed by atoms with Crippen LogP contribution in [0.1, 0.15) is 30.5 Å². The number of ether oxygens (including phenoxy) is 1. The van der Waals surface area contributed by atoms with E-state index in [0.29, 0.717) is 19.6 Å². The molecule has 1 aliphatic heterocycles. The fourth-order valence-electron chi connectivity index (χ4n) is 2.72. The average molecular weight is 303 g/mol. The number of carbonyl (C=O) groups is 2. The van der Waals surface area contributed by atoms with Crippen molar-refractivity contribution < 1.29 is 19.4 Å². The van der Waals surface area contributed by atoms with Crippen LogP contribution in [0.4, 0.5) is 0 Å². The van der Waals surface area contributed by atoms with Gasteiger partial charge in [0.15, 0.2) is 11.5 Å². The van der Waals surface area contributed by atoms with Crippen molar-refractivity contribution in [3.05, 3.63) is 46.7 Å². The SMILES string of the molecule is COCCCN1C(=O)C(O)=C(C(C)=O)[C@@H]1c1ccc(C)cc1. The van der Waals surface area contributed by atoms with E-state index in [0.717, 1.165) is 11.1 Å². The maximum atomic E-state index is 12.3. The van der Waals surface area contributed by atoms with Crippen LogP contribution in [0, 0.1) is 6.92 Å². The summed E-state index contributed by atoms with van der Waals surface area (Å²) in [6, 6.07) is 7.11. The molecule has 0 fully saturated rings. The van der Waals surface area contributed by atoms with Gasteiger partial charge in [0.1, 0.15) is 0 Å². The Bertz CT molecular complexity index is 604. The lowest BCUT2D eigenvalue weighted by atomic mass is 9.96. The van der Waals surface area contributed by atoms with Crippen molar-refractivity contribution in [2.45, 2.75) is 26.3 Å². The van der Waals surface area contributed by atoms with E-state index >= 15 is 0 Å². The molecule has 0 spiro atoms. The standard InChI is InChI=1S/C17H21NO4/c1-11-5-7-13(8-6-11)15-14(12(2)19)16(20)17(21)18(15)9-4-10-22-3/h5-8,15,20H,4,9-10H2,1-3H3/t15-/m0/s1. The molecule has 22 heavy (non-hydrogen) atoms. The predicted molar refractivity (Wildman–Crippen MR) is 82.5 cm³/mol. The monoisotopic (exact) mass is 303 g/mol. The number of Topliss-reactive ketones (excluding diaryl/α,β-unsaturated/α-hetero) is 1. The molecule has 1 aromatic rings. The first-order valence-corrected chi connectivity index (χ1v) is 7.28. The molecule has 1 amide bonds. The second-order valence-electron chi connectivity index (χ2n) is 5.48. The van der Waals surface area contributed by atoms with Gasteiger partial charge in [0.2, 0.25) is 0 Å². The van der Waals surface area contributed by atoms with Crippen molar-refractivity contribution in [2.75, 3.05) is 20.3 Å². The number of hydrogen-bond donors (Lipinski definition) is 1. The van der Waals surface area contributed by atoms with Gasteiger partial charge in [-0.15, -0.1) is 0 Å². The molecule has 1 heterocycles. The van der Waals surface area contributed by atoms with E-state index in [1.165, 1.54) is 11.8 Å². The summed E-state index contributed by atoms with van der Waals surface area (Å²) in [5.74, 6) is -1.21. The molecule has 1 aromatic carbocycles. The first kappa shape index (κ1) is 16.2. The molecule has 1 N–H and O–H groups in total. The normalized spacial score (nSPS) is 18.2. The second-order valence-corrected chi connectivity index (χ2v) is 5.48. The van der Waals surface area contributed by atoms with E-state index in [9.17, 15) is 14.7 Å². The third-order valence-electron chi connectivity index (χ3n) is 3.82. The van der Waals surface area contributed by atoms with E-state index in [2.05, 4.69) is 0 Å². The van der Waals surface area contributed by atoms with E-state index < -0.39 is 17.7 Å². The lowest BCUT2D eigenvalue weighted by molar-refractivity contribution is -0.129. The van der Waals surface area contributed by atoms with Crippen LogP contribution in [0.25, 0.3) is 0 Å². The second kappa shape index (κ2) is 6.75. The van der Waals surface area contributed by atoms with Gasteiger partial charge in [0.05, 0.1) is 11.6 Å². The summed E-state index contributed by atoms with van der Waals surface area (Å²) in [5.41, 5.74) is 2.09. The van der Waals surface area contributed by atoms with E-state index in [-0.39, 0.29) is 11.4 Å². The summed E-state index contributed by atoms with van der Waals surface area (Å²) in [6.07, 6.45) is 0.642. The topological polar surface area (TPSA) is 66.8 Å². The smallest absolute Gasteiger partial charge is 0.290 e. The van der Waals surface area contributed by atoms with Crippen LogP contribution >= 0.6 is 0 Å². The Morgan fingerprint density at radius 1 is 1.32 bits per heavy atom. The summed E-state index contributed by atoms with van der Waals surface area (Å²) in [4.78, 5) is 25.7. The van der Waals surface area contributed by atoms with Crippen molar-refractivity contribution in [2.24, 2.45) is 0 Å². The van der Waals surface area contributed by atoms with E-state index in [1.807, 2.05) is 31.2 Å². The number of amides is 1. The zero-order valence-corrected chi connectivity index (χ0v) is 13.1. The number of methoxy groups -OCH3 is 1. The highest BCUT2D eigenvalue weighted by atomic mass is 16.5.